The van der Waals surface area contributed by atoms with Crippen molar-refractivity contribution < 1.29 is 14.2 Å². The summed E-state index contributed by atoms with van der Waals surface area (Å²) < 4.78 is 4.91. The molecule has 0 radical (unpaired) electrons. The Balaban J connectivity index is 1.80. The van der Waals surface area contributed by atoms with Crippen molar-refractivity contribution in [1.29, 1.82) is 0 Å². The van der Waals surface area contributed by atoms with E-state index >= 15 is 0 Å². The third kappa shape index (κ3) is 4.15. The van der Waals surface area contributed by atoms with E-state index in [9.17, 15) is 14.9 Å². The number of rotatable bonds is 6. The molecule has 0 fully saturated rings. The molecule has 0 aliphatic rings. The summed E-state index contributed by atoms with van der Waals surface area (Å²) >= 11 is 0. The third-order valence-electron chi connectivity index (χ3n) is 3.49. The zero-order valence-electron chi connectivity index (χ0n) is 14.4. The van der Waals surface area contributed by atoms with Gasteiger partial charge in [0.1, 0.15) is 12.1 Å². The maximum Gasteiger partial charge on any atom is 0.355 e. The van der Waals surface area contributed by atoms with Gasteiger partial charge in [0.05, 0.1) is 4.92 Å². The molecule has 0 bridgehead atoms. The first-order chi connectivity index (χ1) is 12.9. The Labute approximate surface area is 152 Å². The molecule has 0 saturated heterocycles. The van der Waals surface area contributed by atoms with Gasteiger partial charge in [-0.1, -0.05) is 22.9 Å². The lowest BCUT2D eigenvalue weighted by Crippen LogP contribution is -2.30. The van der Waals surface area contributed by atoms with Crippen molar-refractivity contribution in [1.82, 2.24) is 20.6 Å². The zero-order chi connectivity index (χ0) is 19.4. The number of hydrazine groups is 1. The van der Waals surface area contributed by atoms with Crippen molar-refractivity contribution in [3.63, 3.8) is 0 Å². The van der Waals surface area contributed by atoms with Gasteiger partial charge in [-0.15, -0.1) is 0 Å². The van der Waals surface area contributed by atoms with Crippen LogP contribution in [0.3, 0.4) is 0 Å². The smallest absolute Gasteiger partial charge is 0.355 e. The number of nitrogens with zero attached hydrogens (tertiary/aromatic N) is 4. The summed E-state index contributed by atoms with van der Waals surface area (Å²) in [5.41, 5.74) is 5.78. The topological polar surface area (TPSA) is 148 Å². The average molecular weight is 369 g/mol. The molecule has 0 saturated carbocycles. The Bertz CT molecular complexity index is 985. The molecule has 3 aromatic rings. The Morgan fingerprint density at radius 3 is 2.48 bits per heavy atom. The molecule has 1 aromatic carbocycles. The normalized spacial score (nSPS) is 10.3. The van der Waals surface area contributed by atoms with Gasteiger partial charge >= 0.3 is 5.69 Å². The molecule has 0 aliphatic carbocycles. The minimum absolute atomic E-state index is 0.101. The average Bonchev–Trinajstić information content (AvgIpc) is 3.05. The summed E-state index contributed by atoms with van der Waals surface area (Å²) in [5.74, 6) is 0.0277. The lowest BCUT2D eigenvalue weighted by molar-refractivity contribution is -0.383. The van der Waals surface area contributed by atoms with Gasteiger partial charge in [-0.05, 0) is 26.0 Å². The van der Waals surface area contributed by atoms with Gasteiger partial charge in [-0.25, -0.2) is 9.97 Å². The number of aryl methyl sites for hydroxylation is 2. The van der Waals surface area contributed by atoms with Gasteiger partial charge in [0.25, 0.3) is 5.91 Å². The van der Waals surface area contributed by atoms with Gasteiger partial charge in [0.2, 0.25) is 11.6 Å². The molecule has 11 nitrogen and oxygen atoms in total. The first-order valence-corrected chi connectivity index (χ1v) is 7.77. The van der Waals surface area contributed by atoms with E-state index in [1.807, 2.05) is 6.92 Å². The highest BCUT2D eigenvalue weighted by molar-refractivity contribution is 5.95. The first kappa shape index (κ1) is 17.8. The van der Waals surface area contributed by atoms with E-state index in [4.69, 9.17) is 4.52 Å². The van der Waals surface area contributed by atoms with E-state index in [0.29, 0.717) is 11.3 Å². The van der Waals surface area contributed by atoms with Crippen LogP contribution in [0.4, 0.5) is 23.1 Å². The zero-order valence-corrected chi connectivity index (χ0v) is 14.4. The summed E-state index contributed by atoms with van der Waals surface area (Å²) in [4.78, 5) is 30.7. The fraction of sp³-hybridized carbons (Fsp3) is 0.125. The lowest BCUT2D eigenvalue weighted by Gasteiger charge is -2.10. The first-order valence-electron chi connectivity index (χ1n) is 7.77. The summed E-state index contributed by atoms with van der Waals surface area (Å²) in [5, 5.41) is 17.9. The molecule has 2 aromatic heterocycles. The predicted molar refractivity (Wildman–Crippen MR) is 95.5 cm³/mol. The van der Waals surface area contributed by atoms with Crippen LogP contribution in [0, 0.1) is 24.0 Å². The highest BCUT2D eigenvalue weighted by Gasteiger charge is 2.24. The Morgan fingerprint density at radius 2 is 1.85 bits per heavy atom. The van der Waals surface area contributed by atoms with E-state index in [1.54, 1.807) is 37.3 Å². The van der Waals surface area contributed by atoms with Gasteiger partial charge in [-0.2, -0.15) is 0 Å². The van der Waals surface area contributed by atoms with Crippen molar-refractivity contribution in [2.75, 3.05) is 10.7 Å². The SMILES string of the molecule is Cc1ccc(C(=O)NNc2ncnc(Nc3cc(C)on3)c2[N+](=O)[O-])cc1. The summed E-state index contributed by atoms with van der Waals surface area (Å²) in [7, 11) is 0. The second-order valence-corrected chi connectivity index (χ2v) is 5.57. The molecule has 3 N–H and O–H groups in total. The van der Waals surface area contributed by atoms with E-state index in [-0.39, 0.29) is 17.5 Å². The number of nitrogens with one attached hydrogen (secondary N) is 3. The van der Waals surface area contributed by atoms with E-state index in [2.05, 4.69) is 31.3 Å². The van der Waals surface area contributed by atoms with E-state index < -0.39 is 16.5 Å². The van der Waals surface area contributed by atoms with Crippen LogP contribution in [0.5, 0.6) is 0 Å². The summed E-state index contributed by atoms with van der Waals surface area (Å²) in [6.07, 6.45) is 1.11. The third-order valence-corrected chi connectivity index (χ3v) is 3.49. The fourth-order valence-corrected chi connectivity index (χ4v) is 2.17. The molecule has 0 aliphatic heterocycles. The maximum absolute atomic E-state index is 12.2. The number of hydrogen-bond donors (Lipinski definition) is 3. The standard InChI is InChI=1S/C16H15N7O4/c1-9-3-5-11(6-4-9)16(24)21-20-15-13(23(25)26)14(17-8-18-15)19-12-7-10(2)27-22-12/h3-8H,1-2H3,(H,21,24)(H2,17,18,19,20,22). The number of aromatic nitrogens is 3. The highest BCUT2D eigenvalue weighted by atomic mass is 16.6. The number of nitro groups is 1. The monoisotopic (exact) mass is 369 g/mol. The molecule has 11 heteroatoms. The number of hydrogen-bond acceptors (Lipinski definition) is 9. The number of amides is 1. The molecule has 1 amide bonds. The molecule has 3 rings (SSSR count). The number of anilines is 3. The van der Waals surface area contributed by atoms with Crippen molar-refractivity contribution in [3.8, 4) is 0 Å². The van der Waals surface area contributed by atoms with Crippen molar-refractivity contribution in [2.24, 2.45) is 0 Å². The number of carbonyl (C=O) groups is 1. The largest absolute Gasteiger partial charge is 0.360 e. The van der Waals surface area contributed by atoms with Gasteiger partial charge in [0.15, 0.2) is 5.82 Å². The van der Waals surface area contributed by atoms with Crippen LogP contribution in [-0.2, 0) is 0 Å². The van der Waals surface area contributed by atoms with Crippen LogP contribution in [-0.4, -0.2) is 26.0 Å². The summed E-state index contributed by atoms with van der Waals surface area (Å²) in [6.45, 7) is 3.58. The van der Waals surface area contributed by atoms with Crippen LogP contribution >= 0.6 is 0 Å². The molecule has 0 atom stereocenters. The minimum Gasteiger partial charge on any atom is -0.360 e. The van der Waals surface area contributed by atoms with Gasteiger partial charge < -0.3 is 9.84 Å². The second kappa shape index (κ2) is 7.47. The Hall–Kier alpha value is -4.02. The molecule has 2 heterocycles. The van der Waals surface area contributed by atoms with Crippen LogP contribution in [0.2, 0.25) is 0 Å². The van der Waals surface area contributed by atoms with E-state index in [0.717, 1.165) is 11.9 Å². The van der Waals surface area contributed by atoms with Crippen LogP contribution < -0.4 is 16.2 Å². The molecular formula is C16H15N7O4. The number of benzene rings is 1. The van der Waals surface area contributed by atoms with Crippen molar-refractivity contribution >= 4 is 29.0 Å². The second-order valence-electron chi connectivity index (χ2n) is 5.57. The lowest BCUT2D eigenvalue weighted by atomic mass is 10.1. The highest BCUT2D eigenvalue weighted by Crippen LogP contribution is 2.30. The van der Waals surface area contributed by atoms with Crippen molar-refractivity contribution in [3.05, 3.63) is 63.7 Å². The van der Waals surface area contributed by atoms with E-state index in [1.165, 1.54) is 0 Å². The Kier molecular flexibility index (Phi) is 4.92. The molecular weight excluding hydrogens is 354 g/mol. The molecule has 0 spiro atoms. The minimum atomic E-state index is -0.671. The van der Waals surface area contributed by atoms with Crippen LogP contribution in [0.1, 0.15) is 21.7 Å². The molecule has 138 valence electrons. The summed E-state index contributed by atoms with van der Waals surface area (Å²) in [6, 6.07) is 8.40. The van der Waals surface area contributed by atoms with Crippen LogP contribution in [0.15, 0.2) is 41.2 Å². The van der Waals surface area contributed by atoms with Crippen molar-refractivity contribution in [2.45, 2.75) is 13.8 Å². The maximum atomic E-state index is 12.2. The molecule has 27 heavy (non-hydrogen) atoms. The Morgan fingerprint density at radius 1 is 1.15 bits per heavy atom. The number of carbonyl (C=O) groups excluding carboxylic acids is 1. The predicted octanol–water partition coefficient (Wildman–Crippen LogP) is 2.49. The van der Waals surface area contributed by atoms with Gasteiger partial charge in [0, 0.05) is 11.6 Å². The quantitative estimate of drug-likeness (QED) is 0.440. The van der Waals surface area contributed by atoms with Gasteiger partial charge in [-0.3, -0.25) is 25.8 Å². The molecule has 0 unspecified atom stereocenters. The van der Waals surface area contributed by atoms with Crippen LogP contribution in [0.25, 0.3) is 0 Å². The fourth-order valence-electron chi connectivity index (χ4n) is 2.17.